The molecule has 0 aliphatic carbocycles. The summed E-state index contributed by atoms with van der Waals surface area (Å²) in [6, 6.07) is 8.19. The molecule has 0 aromatic heterocycles. The highest BCUT2D eigenvalue weighted by molar-refractivity contribution is 9.10. The summed E-state index contributed by atoms with van der Waals surface area (Å²) < 4.78 is 6.06. The third-order valence-corrected chi connectivity index (χ3v) is 3.82. The van der Waals surface area contributed by atoms with Crippen LogP contribution in [0.2, 0.25) is 0 Å². The van der Waals surface area contributed by atoms with Gasteiger partial charge in [0.15, 0.2) is 0 Å². The number of carbonyl (C=O) groups is 1. The lowest BCUT2D eigenvalue weighted by Gasteiger charge is -2.19. The summed E-state index contributed by atoms with van der Waals surface area (Å²) in [6.45, 7) is 5.68. The molecular formula is C17H26BrNO2. The first-order valence-electron chi connectivity index (χ1n) is 7.54. The predicted octanol–water partition coefficient (Wildman–Crippen LogP) is 3.81. The average molecular weight is 356 g/mol. The SMILES string of the molecule is COCCCNC(=O)[C@@H](Cc1cccc(Br)c1)CC(C)C. The number of halogens is 1. The van der Waals surface area contributed by atoms with Crippen LogP contribution in [0.25, 0.3) is 0 Å². The number of hydrogen-bond donors (Lipinski definition) is 1. The van der Waals surface area contributed by atoms with E-state index in [0.29, 0.717) is 19.1 Å². The zero-order chi connectivity index (χ0) is 15.7. The maximum atomic E-state index is 12.4. The Morgan fingerprint density at radius 1 is 1.38 bits per heavy atom. The van der Waals surface area contributed by atoms with Crippen LogP contribution >= 0.6 is 15.9 Å². The van der Waals surface area contributed by atoms with Crippen LogP contribution in [0.5, 0.6) is 0 Å². The van der Waals surface area contributed by atoms with Crippen molar-refractivity contribution in [1.82, 2.24) is 5.32 Å². The molecule has 1 atom stereocenters. The lowest BCUT2D eigenvalue weighted by Crippen LogP contribution is -2.33. The minimum atomic E-state index is 0.0295. The molecular weight excluding hydrogens is 330 g/mol. The summed E-state index contributed by atoms with van der Waals surface area (Å²) in [5, 5.41) is 3.03. The van der Waals surface area contributed by atoms with E-state index in [4.69, 9.17) is 4.74 Å². The second-order valence-electron chi connectivity index (χ2n) is 5.80. The van der Waals surface area contributed by atoms with Crippen LogP contribution in [0, 0.1) is 11.8 Å². The van der Waals surface area contributed by atoms with Crippen molar-refractivity contribution in [2.45, 2.75) is 33.1 Å². The highest BCUT2D eigenvalue weighted by Gasteiger charge is 2.20. The first-order valence-corrected chi connectivity index (χ1v) is 8.33. The van der Waals surface area contributed by atoms with Gasteiger partial charge in [-0.2, -0.15) is 0 Å². The molecule has 0 radical (unpaired) electrons. The molecule has 0 spiro atoms. The smallest absolute Gasteiger partial charge is 0.223 e. The number of rotatable bonds is 9. The van der Waals surface area contributed by atoms with Crippen molar-refractivity contribution in [3.8, 4) is 0 Å². The van der Waals surface area contributed by atoms with Crippen LogP contribution in [0.3, 0.4) is 0 Å². The van der Waals surface area contributed by atoms with E-state index in [-0.39, 0.29) is 11.8 Å². The normalized spacial score (nSPS) is 12.4. The standard InChI is InChI=1S/C17H26BrNO2/c1-13(2)10-15(17(20)19-8-5-9-21-3)11-14-6-4-7-16(18)12-14/h4,6-7,12-13,15H,5,8-11H2,1-3H3,(H,19,20)/t15-/m1/s1. The first-order chi connectivity index (χ1) is 10.0. The molecule has 0 saturated carbocycles. The molecule has 0 saturated heterocycles. The van der Waals surface area contributed by atoms with Crippen LogP contribution < -0.4 is 5.32 Å². The van der Waals surface area contributed by atoms with Crippen LogP contribution in [0.4, 0.5) is 0 Å². The molecule has 21 heavy (non-hydrogen) atoms. The van der Waals surface area contributed by atoms with E-state index >= 15 is 0 Å². The predicted molar refractivity (Wildman–Crippen MR) is 90.3 cm³/mol. The molecule has 1 amide bonds. The van der Waals surface area contributed by atoms with Crippen LogP contribution in [0.15, 0.2) is 28.7 Å². The quantitative estimate of drug-likeness (QED) is 0.684. The molecule has 0 aliphatic rings. The summed E-state index contributed by atoms with van der Waals surface area (Å²) in [4.78, 5) is 12.4. The first kappa shape index (κ1) is 18.2. The van der Waals surface area contributed by atoms with Gasteiger partial charge >= 0.3 is 0 Å². The number of ether oxygens (including phenoxy) is 1. The third-order valence-electron chi connectivity index (χ3n) is 3.32. The number of methoxy groups -OCH3 is 1. The zero-order valence-electron chi connectivity index (χ0n) is 13.2. The minimum absolute atomic E-state index is 0.0295. The molecule has 1 aromatic carbocycles. The number of nitrogens with one attached hydrogen (secondary N) is 1. The Hall–Kier alpha value is -0.870. The van der Waals surface area contributed by atoms with Gasteiger partial charge in [0.1, 0.15) is 0 Å². The topological polar surface area (TPSA) is 38.3 Å². The molecule has 3 nitrogen and oxygen atoms in total. The van der Waals surface area contributed by atoms with Gasteiger partial charge in [-0.1, -0.05) is 41.9 Å². The Labute approximate surface area is 136 Å². The van der Waals surface area contributed by atoms with E-state index in [1.165, 1.54) is 5.56 Å². The van der Waals surface area contributed by atoms with Crippen molar-refractivity contribution in [2.75, 3.05) is 20.3 Å². The summed E-state index contributed by atoms with van der Waals surface area (Å²) in [7, 11) is 1.68. The monoisotopic (exact) mass is 355 g/mol. The van der Waals surface area contributed by atoms with E-state index < -0.39 is 0 Å². The summed E-state index contributed by atoms with van der Waals surface area (Å²) in [5.41, 5.74) is 1.20. The molecule has 0 fully saturated rings. The Bertz CT molecular complexity index is 435. The van der Waals surface area contributed by atoms with Gasteiger partial charge in [0.2, 0.25) is 5.91 Å². The molecule has 1 rings (SSSR count). The van der Waals surface area contributed by atoms with Crippen LogP contribution in [0.1, 0.15) is 32.3 Å². The lowest BCUT2D eigenvalue weighted by atomic mass is 9.90. The van der Waals surface area contributed by atoms with Gasteiger partial charge in [-0.05, 0) is 42.9 Å². The molecule has 4 heteroatoms. The summed E-state index contributed by atoms with van der Waals surface area (Å²) >= 11 is 3.48. The van der Waals surface area contributed by atoms with Crippen LogP contribution in [-0.4, -0.2) is 26.2 Å². The Morgan fingerprint density at radius 3 is 2.76 bits per heavy atom. The molecule has 0 aliphatic heterocycles. The molecule has 118 valence electrons. The van der Waals surface area contributed by atoms with Gasteiger partial charge in [-0.3, -0.25) is 4.79 Å². The van der Waals surface area contributed by atoms with Crippen molar-refractivity contribution in [3.05, 3.63) is 34.3 Å². The zero-order valence-corrected chi connectivity index (χ0v) is 14.8. The number of hydrogen-bond acceptors (Lipinski definition) is 2. The van der Waals surface area contributed by atoms with Gasteiger partial charge in [0.25, 0.3) is 0 Å². The van der Waals surface area contributed by atoms with Gasteiger partial charge in [-0.25, -0.2) is 0 Å². The fourth-order valence-electron chi connectivity index (χ4n) is 2.37. The van der Waals surface area contributed by atoms with E-state index in [2.05, 4.69) is 47.2 Å². The Balaban J connectivity index is 2.60. The molecule has 1 N–H and O–H groups in total. The largest absolute Gasteiger partial charge is 0.385 e. The van der Waals surface area contributed by atoms with Crippen molar-refractivity contribution < 1.29 is 9.53 Å². The Kier molecular flexibility index (Phi) is 8.62. The van der Waals surface area contributed by atoms with Gasteiger partial charge in [-0.15, -0.1) is 0 Å². The summed E-state index contributed by atoms with van der Waals surface area (Å²) in [6.07, 6.45) is 2.55. The molecule has 0 bridgehead atoms. The maximum absolute atomic E-state index is 12.4. The fraction of sp³-hybridized carbons (Fsp3) is 0.588. The molecule has 0 heterocycles. The van der Waals surface area contributed by atoms with Crippen LogP contribution in [-0.2, 0) is 16.0 Å². The second kappa shape index (κ2) is 9.96. The minimum Gasteiger partial charge on any atom is -0.385 e. The highest BCUT2D eigenvalue weighted by Crippen LogP contribution is 2.20. The van der Waals surface area contributed by atoms with Crippen molar-refractivity contribution in [1.29, 1.82) is 0 Å². The van der Waals surface area contributed by atoms with Gasteiger partial charge < -0.3 is 10.1 Å². The molecule has 1 aromatic rings. The van der Waals surface area contributed by atoms with Gasteiger partial charge in [0.05, 0.1) is 0 Å². The maximum Gasteiger partial charge on any atom is 0.223 e. The number of carbonyl (C=O) groups excluding carboxylic acids is 1. The fourth-order valence-corrected chi connectivity index (χ4v) is 2.82. The van der Waals surface area contributed by atoms with E-state index in [0.717, 1.165) is 23.7 Å². The second-order valence-corrected chi connectivity index (χ2v) is 6.71. The van der Waals surface area contributed by atoms with E-state index in [1.54, 1.807) is 7.11 Å². The average Bonchev–Trinajstić information content (AvgIpc) is 2.42. The number of amides is 1. The lowest BCUT2D eigenvalue weighted by molar-refractivity contribution is -0.125. The number of benzene rings is 1. The molecule has 0 unspecified atom stereocenters. The van der Waals surface area contributed by atoms with E-state index in [1.807, 2.05) is 12.1 Å². The summed E-state index contributed by atoms with van der Waals surface area (Å²) in [5.74, 6) is 0.688. The highest BCUT2D eigenvalue weighted by atomic mass is 79.9. The van der Waals surface area contributed by atoms with Crippen molar-refractivity contribution in [3.63, 3.8) is 0 Å². The Morgan fingerprint density at radius 2 is 2.14 bits per heavy atom. The third kappa shape index (κ3) is 7.63. The van der Waals surface area contributed by atoms with Gasteiger partial charge in [0, 0.05) is 30.7 Å². The van der Waals surface area contributed by atoms with Crippen molar-refractivity contribution in [2.24, 2.45) is 11.8 Å². The van der Waals surface area contributed by atoms with Crippen molar-refractivity contribution >= 4 is 21.8 Å². The van der Waals surface area contributed by atoms with E-state index in [9.17, 15) is 4.79 Å².